The summed E-state index contributed by atoms with van der Waals surface area (Å²) in [6, 6.07) is 16.1. The number of nitrogens with one attached hydrogen (secondary N) is 1. The van der Waals surface area contributed by atoms with Crippen molar-refractivity contribution in [3.8, 4) is 22.8 Å². The molecule has 0 fully saturated rings. The van der Waals surface area contributed by atoms with E-state index in [-0.39, 0.29) is 18.9 Å². The molecule has 0 unspecified atom stereocenters. The van der Waals surface area contributed by atoms with Gasteiger partial charge in [-0.2, -0.15) is 0 Å². The second kappa shape index (κ2) is 12.5. The minimum Gasteiger partial charge on any atom is -0.493 e. The minimum absolute atomic E-state index is 0.0504. The molecular formula is C29H30ClN3O5. The van der Waals surface area contributed by atoms with Gasteiger partial charge in [-0.25, -0.2) is 9.78 Å². The zero-order valence-corrected chi connectivity index (χ0v) is 22.4. The number of benzene rings is 2. The summed E-state index contributed by atoms with van der Waals surface area (Å²) >= 11 is 6.22. The molecule has 2 heterocycles. The summed E-state index contributed by atoms with van der Waals surface area (Å²) in [6.45, 7) is 4.13. The minimum atomic E-state index is -0.475. The first-order valence-electron chi connectivity index (χ1n) is 12.5. The molecule has 4 rings (SSSR count). The van der Waals surface area contributed by atoms with Crippen LogP contribution in [0.4, 0.5) is 5.82 Å². The van der Waals surface area contributed by atoms with E-state index in [9.17, 15) is 9.59 Å². The third kappa shape index (κ3) is 6.26. The number of carbonyl (C=O) groups excluding carboxylic acids is 2. The summed E-state index contributed by atoms with van der Waals surface area (Å²) in [7, 11) is 1.50. The topological polar surface area (TPSA) is 91.2 Å². The zero-order valence-electron chi connectivity index (χ0n) is 21.6. The number of pyridine rings is 1. The van der Waals surface area contributed by atoms with Crippen LogP contribution in [0.2, 0.25) is 5.02 Å². The number of ether oxygens (including phenoxy) is 3. The maximum Gasteiger partial charge on any atom is 0.343 e. The maximum absolute atomic E-state index is 12.8. The van der Waals surface area contributed by atoms with Gasteiger partial charge in [-0.15, -0.1) is 0 Å². The average Bonchev–Trinajstić information content (AvgIpc) is 3.28. The highest BCUT2D eigenvalue weighted by molar-refractivity contribution is 6.30. The number of nitrogens with zero attached hydrogens (tertiary/aromatic N) is 2. The van der Waals surface area contributed by atoms with E-state index < -0.39 is 11.9 Å². The van der Waals surface area contributed by atoms with Crippen molar-refractivity contribution in [2.75, 3.05) is 25.6 Å². The molecule has 9 heteroatoms. The van der Waals surface area contributed by atoms with Crippen LogP contribution < -0.4 is 14.8 Å². The second-order valence-corrected chi connectivity index (χ2v) is 9.04. The Morgan fingerprint density at radius 2 is 1.82 bits per heavy atom. The summed E-state index contributed by atoms with van der Waals surface area (Å²) in [5.74, 6) is 0.336. The van der Waals surface area contributed by atoms with Crippen molar-refractivity contribution in [1.82, 2.24) is 9.38 Å². The first-order valence-corrected chi connectivity index (χ1v) is 12.9. The number of imidazole rings is 1. The second-order valence-electron chi connectivity index (χ2n) is 8.60. The number of methoxy groups -OCH3 is 1. The van der Waals surface area contributed by atoms with Gasteiger partial charge in [0, 0.05) is 11.8 Å². The predicted octanol–water partition coefficient (Wildman–Crippen LogP) is 6.20. The SMILES string of the molecule is CCCCc1ccc(C(=O)Oc2ccc(-c3nc4ccc(Cl)cn4c3NCC(=O)OCC)cc2OC)cc1. The molecule has 2 aromatic heterocycles. The Labute approximate surface area is 226 Å². The van der Waals surface area contributed by atoms with Gasteiger partial charge in [0.15, 0.2) is 11.5 Å². The number of unbranched alkanes of at least 4 members (excludes halogenated alkanes) is 1. The normalized spacial score (nSPS) is 10.8. The van der Waals surface area contributed by atoms with E-state index in [1.165, 1.54) is 12.7 Å². The van der Waals surface area contributed by atoms with Gasteiger partial charge in [-0.05, 0) is 67.8 Å². The Hall–Kier alpha value is -4.04. The summed E-state index contributed by atoms with van der Waals surface area (Å²) in [4.78, 5) is 29.5. The molecule has 8 nitrogen and oxygen atoms in total. The van der Waals surface area contributed by atoms with Crippen LogP contribution in [0.3, 0.4) is 0 Å². The van der Waals surface area contributed by atoms with E-state index in [2.05, 4.69) is 12.2 Å². The molecule has 0 saturated carbocycles. The van der Waals surface area contributed by atoms with E-state index in [4.69, 9.17) is 30.8 Å². The number of fused-ring (bicyclic) bond motifs is 1. The van der Waals surface area contributed by atoms with E-state index >= 15 is 0 Å². The quantitative estimate of drug-likeness (QED) is 0.180. The fourth-order valence-electron chi connectivity index (χ4n) is 4.00. The van der Waals surface area contributed by atoms with Crippen molar-refractivity contribution in [3.05, 3.63) is 76.9 Å². The number of anilines is 1. The number of aryl methyl sites for hydroxylation is 1. The molecule has 0 bridgehead atoms. The fourth-order valence-corrected chi connectivity index (χ4v) is 4.16. The fraction of sp³-hybridized carbons (Fsp3) is 0.276. The maximum atomic E-state index is 12.8. The van der Waals surface area contributed by atoms with Crippen LogP contribution in [0.5, 0.6) is 11.5 Å². The lowest BCUT2D eigenvalue weighted by Crippen LogP contribution is -2.17. The largest absolute Gasteiger partial charge is 0.493 e. The van der Waals surface area contributed by atoms with Gasteiger partial charge in [0.05, 0.1) is 24.3 Å². The van der Waals surface area contributed by atoms with Crippen molar-refractivity contribution in [2.24, 2.45) is 0 Å². The summed E-state index contributed by atoms with van der Waals surface area (Å²) < 4.78 is 18.0. The Morgan fingerprint density at radius 3 is 2.53 bits per heavy atom. The van der Waals surface area contributed by atoms with Crippen molar-refractivity contribution >= 4 is 35.0 Å². The number of halogens is 1. The van der Waals surface area contributed by atoms with Crippen molar-refractivity contribution in [3.63, 3.8) is 0 Å². The monoisotopic (exact) mass is 535 g/mol. The van der Waals surface area contributed by atoms with E-state index in [1.54, 1.807) is 60.0 Å². The summed E-state index contributed by atoms with van der Waals surface area (Å²) in [6.07, 6.45) is 4.91. The molecule has 0 aliphatic rings. The van der Waals surface area contributed by atoms with Crippen molar-refractivity contribution < 1.29 is 23.8 Å². The van der Waals surface area contributed by atoms with E-state index in [0.29, 0.717) is 39.1 Å². The molecule has 0 spiro atoms. The number of hydrogen-bond donors (Lipinski definition) is 1. The van der Waals surface area contributed by atoms with Gasteiger partial charge in [0.2, 0.25) is 0 Å². The Bertz CT molecular complexity index is 1430. The highest BCUT2D eigenvalue weighted by Gasteiger charge is 2.19. The predicted molar refractivity (Wildman–Crippen MR) is 147 cm³/mol. The number of carbonyl (C=O) groups is 2. The average molecular weight is 536 g/mol. The third-order valence-corrected chi connectivity index (χ3v) is 6.16. The lowest BCUT2D eigenvalue weighted by atomic mass is 10.1. The lowest BCUT2D eigenvalue weighted by molar-refractivity contribution is -0.140. The van der Waals surface area contributed by atoms with Crippen LogP contribution in [0.15, 0.2) is 60.8 Å². The van der Waals surface area contributed by atoms with Crippen LogP contribution in [-0.2, 0) is 16.0 Å². The van der Waals surface area contributed by atoms with Gasteiger partial charge < -0.3 is 19.5 Å². The molecule has 0 atom stereocenters. The van der Waals surface area contributed by atoms with Gasteiger partial charge in [-0.3, -0.25) is 9.20 Å². The molecule has 198 valence electrons. The van der Waals surface area contributed by atoms with Gasteiger partial charge in [0.1, 0.15) is 23.7 Å². The molecule has 0 aliphatic carbocycles. The van der Waals surface area contributed by atoms with E-state index in [1.807, 2.05) is 12.1 Å². The Balaban J connectivity index is 1.61. The molecule has 38 heavy (non-hydrogen) atoms. The zero-order chi connectivity index (χ0) is 27.1. The first-order chi connectivity index (χ1) is 18.4. The highest BCUT2D eigenvalue weighted by atomic mass is 35.5. The van der Waals surface area contributed by atoms with Gasteiger partial charge in [-0.1, -0.05) is 37.1 Å². The van der Waals surface area contributed by atoms with Crippen LogP contribution in [0, 0.1) is 0 Å². The standard InChI is InChI=1S/C29H30ClN3O5/c1-4-6-7-19-8-10-20(11-9-19)29(35)38-23-14-12-21(16-24(23)36-3)27-28(31-17-26(34)37-5-2)33-18-22(30)13-15-25(33)32-27/h8-16,18,31H,4-7,17H2,1-3H3. The third-order valence-electron chi connectivity index (χ3n) is 5.94. The van der Waals surface area contributed by atoms with Crippen LogP contribution in [0.1, 0.15) is 42.6 Å². The number of esters is 2. The van der Waals surface area contributed by atoms with Gasteiger partial charge >= 0.3 is 11.9 Å². The highest BCUT2D eigenvalue weighted by Crippen LogP contribution is 2.36. The number of rotatable bonds is 11. The van der Waals surface area contributed by atoms with Crippen molar-refractivity contribution in [1.29, 1.82) is 0 Å². The Morgan fingerprint density at radius 1 is 1.03 bits per heavy atom. The smallest absolute Gasteiger partial charge is 0.343 e. The molecular weight excluding hydrogens is 506 g/mol. The lowest BCUT2D eigenvalue weighted by Gasteiger charge is -2.12. The molecule has 0 radical (unpaired) electrons. The summed E-state index contributed by atoms with van der Waals surface area (Å²) in [5, 5.41) is 3.62. The van der Waals surface area contributed by atoms with Crippen LogP contribution in [-0.4, -0.2) is 41.6 Å². The number of aromatic nitrogens is 2. The van der Waals surface area contributed by atoms with Crippen molar-refractivity contribution in [2.45, 2.75) is 33.1 Å². The molecule has 2 aromatic carbocycles. The van der Waals surface area contributed by atoms with Gasteiger partial charge in [0.25, 0.3) is 0 Å². The van der Waals surface area contributed by atoms with Crippen LogP contribution in [0.25, 0.3) is 16.9 Å². The molecule has 0 amide bonds. The molecule has 0 aliphatic heterocycles. The summed E-state index contributed by atoms with van der Waals surface area (Å²) in [5.41, 5.74) is 3.53. The Kier molecular flexibility index (Phi) is 8.86. The van der Waals surface area contributed by atoms with E-state index in [0.717, 1.165) is 19.3 Å². The molecule has 1 N–H and O–H groups in total. The molecule has 4 aromatic rings. The first kappa shape index (κ1) is 27.0. The number of hydrogen-bond acceptors (Lipinski definition) is 7. The molecule has 0 saturated heterocycles. The van der Waals surface area contributed by atoms with Crippen LogP contribution >= 0.6 is 11.6 Å².